The van der Waals surface area contributed by atoms with Crippen LogP contribution in [0.4, 0.5) is 0 Å². The first-order valence-corrected chi connectivity index (χ1v) is 6.38. The molecule has 3 nitrogen and oxygen atoms in total. The third-order valence-corrected chi connectivity index (χ3v) is 3.32. The number of alkyl halides is 1. The summed E-state index contributed by atoms with van der Waals surface area (Å²) in [6.07, 6.45) is 1.68. The minimum atomic E-state index is -0.0119. The van der Waals surface area contributed by atoms with Gasteiger partial charge in [-0.25, -0.2) is 0 Å². The van der Waals surface area contributed by atoms with Gasteiger partial charge in [-0.05, 0) is 12.1 Å². The second-order valence-corrected chi connectivity index (χ2v) is 4.37. The highest BCUT2D eigenvalue weighted by atomic mass is 79.9. The zero-order valence-electron chi connectivity index (χ0n) is 8.90. The van der Waals surface area contributed by atoms with E-state index in [2.05, 4.69) is 25.9 Å². The molecule has 0 amide bonds. The Morgan fingerprint density at radius 3 is 2.88 bits per heavy atom. The minimum absolute atomic E-state index is 0.0119. The third-order valence-electron chi connectivity index (χ3n) is 2.81. The quantitative estimate of drug-likeness (QED) is 0.581. The van der Waals surface area contributed by atoms with Gasteiger partial charge in [0.05, 0.1) is 10.8 Å². The van der Waals surface area contributed by atoms with Gasteiger partial charge in [0, 0.05) is 22.5 Å². The van der Waals surface area contributed by atoms with Crippen molar-refractivity contribution >= 4 is 43.5 Å². The summed E-state index contributed by atoms with van der Waals surface area (Å²) in [5, 5.41) is 2.45. The first-order chi connectivity index (χ1) is 8.31. The molecule has 3 aromatic rings. The third kappa shape index (κ3) is 1.56. The lowest BCUT2D eigenvalue weighted by Crippen LogP contribution is -2.03. The van der Waals surface area contributed by atoms with Crippen LogP contribution in [0.1, 0.15) is 10.5 Å². The number of nitrogens with zero attached hydrogens (tertiary/aromatic N) is 1. The van der Waals surface area contributed by atoms with E-state index in [1.165, 1.54) is 0 Å². The van der Waals surface area contributed by atoms with Gasteiger partial charge in [0.25, 0.3) is 0 Å². The van der Waals surface area contributed by atoms with Crippen LogP contribution >= 0.6 is 15.9 Å². The highest BCUT2D eigenvalue weighted by Gasteiger charge is 2.13. The summed E-state index contributed by atoms with van der Waals surface area (Å²) in [5.74, 6) is -0.0119. The number of ketones is 1. The summed E-state index contributed by atoms with van der Waals surface area (Å²) in [4.78, 5) is 19.2. The van der Waals surface area contributed by atoms with Gasteiger partial charge in [-0.2, -0.15) is 0 Å². The summed E-state index contributed by atoms with van der Waals surface area (Å²) in [5.41, 5.74) is 2.34. The van der Waals surface area contributed by atoms with Gasteiger partial charge in [-0.3, -0.25) is 9.78 Å². The van der Waals surface area contributed by atoms with Crippen molar-refractivity contribution in [2.24, 2.45) is 0 Å². The number of carbonyl (C=O) groups excluding carboxylic acids is 1. The molecule has 0 aliphatic heterocycles. The molecule has 3 rings (SSSR count). The monoisotopic (exact) mass is 288 g/mol. The fourth-order valence-electron chi connectivity index (χ4n) is 2.05. The molecular weight excluding hydrogens is 280 g/mol. The van der Waals surface area contributed by atoms with Crippen LogP contribution in [0, 0.1) is 0 Å². The van der Waals surface area contributed by atoms with E-state index in [1.807, 2.05) is 30.3 Å². The molecular formula is C13H9BrN2O. The minimum Gasteiger partial charge on any atom is -0.353 e. The average Bonchev–Trinajstić information content (AvgIpc) is 2.76. The van der Waals surface area contributed by atoms with Gasteiger partial charge in [0.1, 0.15) is 5.69 Å². The summed E-state index contributed by atoms with van der Waals surface area (Å²) in [6.45, 7) is 0. The predicted octanol–water partition coefficient (Wildman–Crippen LogP) is 3.29. The molecule has 2 aromatic heterocycles. The Hall–Kier alpha value is -1.68. The van der Waals surface area contributed by atoms with Crippen LogP contribution in [-0.4, -0.2) is 21.1 Å². The van der Waals surface area contributed by atoms with Crippen LogP contribution in [-0.2, 0) is 0 Å². The molecule has 2 heterocycles. The lowest BCUT2D eigenvalue weighted by Gasteiger charge is -1.97. The number of hydrogen-bond donors (Lipinski definition) is 1. The SMILES string of the molecule is O=C(CBr)c1nccc2c1[nH]c1ccccc12. The molecule has 0 fully saturated rings. The number of para-hydroxylation sites is 1. The van der Waals surface area contributed by atoms with Crippen molar-refractivity contribution in [3.8, 4) is 0 Å². The van der Waals surface area contributed by atoms with Crippen LogP contribution in [0.2, 0.25) is 0 Å². The van der Waals surface area contributed by atoms with E-state index >= 15 is 0 Å². The van der Waals surface area contributed by atoms with E-state index in [0.717, 1.165) is 21.8 Å². The van der Waals surface area contributed by atoms with E-state index in [4.69, 9.17) is 0 Å². The van der Waals surface area contributed by atoms with Crippen molar-refractivity contribution in [2.45, 2.75) is 0 Å². The average molecular weight is 289 g/mol. The highest BCUT2D eigenvalue weighted by Crippen LogP contribution is 2.26. The normalized spacial score (nSPS) is 11.1. The van der Waals surface area contributed by atoms with Crippen molar-refractivity contribution in [1.82, 2.24) is 9.97 Å². The number of halogens is 1. The van der Waals surface area contributed by atoms with Gasteiger partial charge in [0.15, 0.2) is 5.78 Å². The van der Waals surface area contributed by atoms with Gasteiger partial charge >= 0.3 is 0 Å². The summed E-state index contributed by atoms with van der Waals surface area (Å²) in [7, 11) is 0. The Labute approximate surface area is 106 Å². The highest BCUT2D eigenvalue weighted by molar-refractivity contribution is 9.09. The number of aromatic nitrogens is 2. The number of carbonyl (C=O) groups is 1. The van der Waals surface area contributed by atoms with E-state index in [9.17, 15) is 4.79 Å². The molecule has 1 N–H and O–H groups in total. The summed E-state index contributed by atoms with van der Waals surface area (Å²) in [6, 6.07) is 9.92. The van der Waals surface area contributed by atoms with Crippen LogP contribution in [0.15, 0.2) is 36.5 Å². The topological polar surface area (TPSA) is 45.8 Å². The van der Waals surface area contributed by atoms with Gasteiger partial charge in [0.2, 0.25) is 0 Å². The van der Waals surface area contributed by atoms with Crippen LogP contribution in [0.5, 0.6) is 0 Å². The molecule has 4 heteroatoms. The standard InChI is InChI=1S/C13H9BrN2O/c14-7-11(17)13-12-9(5-6-15-13)8-3-1-2-4-10(8)16-12/h1-6,16H,7H2. The van der Waals surface area contributed by atoms with E-state index in [0.29, 0.717) is 5.69 Å². The Morgan fingerprint density at radius 1 is 1.24 bits per heavy atom. The van der Waals surface area contributed by atoms with E-state index in [1.54, 1.807) is 6.20 Å². The summed E-state index contributed by atoms with van der Waals surface area (Å²) < 4.78 is 0. The molecule has 0 radical (unpaired) electrons. The van der Waals surface area contributed by atoms with Crippen LogP contribution < -0.4 is 0 Å². The number of fused-ring (bicyclic) bond motifs is 3. The molecule has 0 spiro atoms. The maximum absolute atomic E-state index is 11.8. The molecule has 1 aromatic carbocycles. The summed E-state index contributed by atoms with van der Waals surface area (Å²) >= 11 is 3.18. The lowest BCUT2D eigenvalue weighted by molar-refractivity contribution is 0.102. The van der Waals surface area contributed by atoms with Crippen molar-refractivity contribution in [2.75, 3.05) is 5.33 Å². The van der Waals surface area contributed by atoms with Gasteiger partial charge in [-0.15, -0.1) is 0 Å². The number of pyridine rings is 1. The molecule has 0 saturated heterocycles. The molecule has 0 saturated carbocycles. The number of hydrogen-bond acceptors (Lipinski definition) is 2. The maximum atomic E-state index is 11.8. The second-order valence-electron chi connectivity index (χ2n) is 3.81. The number of H-pyrrole nitrogens is 1. The largest absolute Gasteiger partial charge is 0.353 e. The zero-order valence-corrected chi connectivity index (χ0v) is 10.5. The molecule has 0 aliphatic rings. The predicted molar refractivity (Wildman–Crippen MR) is 71.7 cm³/mol. The van der Waals surface area contributed by atoms with E-state index < -0.39 is 0 Å². The maximum Gasteiger partial charge on any atom is 0.193 e. The molecule has 0 atom stereocenters. The Kier molecular flexibility index (Phi) is 2.44. The molecule has 0 unspecified atom stereocenters. The molecule has 0 aliphatic carbocycles. The number of rotatable bonds is 2. The zero-order chi connectivity index (χ0) is 11.8. The Bertz CT molecular complexity index is 718. The van der Waals surface area contributed by atoms with Crippen molar-refractivity contribution < 1.29 is 4.79 Å². The Morgan fingerprint density at radius 2 is 2.06 bits per heavy atom. The van der Waals surface area contributed by atoms with E-state index in [-0.39, 0.29) is 11.1 Å². The molecule has 0 bridgehead atoms. The first kappa shape index (κ1) is 10.5. The molecule has 84 valence electrons. The fraction of sp³-hybridized carbons (Fsp3) is 0.0769. The van der Waals surface area contributed by atoms with Crippen molar-refractivity contribution in [1.29, 1.82) is 0 Å². The van der Waals surface area contributed by atoms with Gasteiger partial charge < -0.3 is 4.98 Å². The van der Waals surface area contributed by atoms with Gasteiger partial charge in [-0.1, -0.05) is 34.1 Å². The van der Waals surface area contributed by atoms with Crippen LogP contribution in [0.25, 0.3) is 21.8 Å². The smallest absolute Gasteiger partial charge is 0.193 e. The van der Waals surface area contributed by atoms with Crippen molar-refractivity contribution in [3.63, 3.8) is 0 Å². The fourth-order valence-corrected chi connectivity index (χ4v) is 2.31. The van der Waals surface area contributed by atoms with Crippen molar-refractivity contribution in [3.05, 3.63) is 42.2 Å². The number of nitrogens with one attached hydrogen (secondary N) is 1. The lowest BCUT2D eigenvalue weighted by atomic mass is 10.1. The number of aromatic amines is 1. The molecule has 17 heavy (non-hydrogen) atoms. The first-order valence-electron chi connectivity index (χ1n) is 5.26. The second kappa shape index (κ2) is 3.96. The number of benzene rings is 1. The van der Waals surface area contributed by atoms with Crippen LogP contribution in [0.3, 0.4) is 0 Å². The Balaban J connectivity index is 2.43. The number of Topliss-reactive ketones (excluding diaryl/α,β-unsaturated/α-hetero) is 1.